The SMILES string of the molecule is c1ccc(-c2ccccc2-c2ccc3ccccc3n2)nc1. The minimum atomic E-state index is 0.966. The Morgan fingerprint density at radius 1 is 0.545 bits per heavy atom. The van der Waals surface area contributed by atoms with Crippen LogP contribution in [0.15, 0.2) is 85.1 Å². The Hall–Kier alpha value is -3.00. The molecule has 2 aromatic carbocycles. The van der Waals surface area contributed by atoms with Gasteiger partial charge in [0.15, 0.2) is 0 Å². The van der Waals surface area contributed by atoms with Gasteiger partial charge in [-0.15, -0.1) is 0 Å². The lowest BCUT2D eigenvalue weighted by molar-refractivity contribution is 1.32. The Morgan fingerprint density at radius 2 is 1.27 bits per heavy atom. The van der Waals surface area contributed by atoms with Crippen molar-refractivity contribution in [3.05, 3.63) is 85.1 Å². The zero-order valence-electron chi connectivity index (χ0n) is 12.0. The number of benzene rings is 2. The molecule has 0 N–H and O–H groups in total. The number of hydrogen-bond donors (Lipinski definition) is 0. The van der Waals surface area contributed by atoms with E-state index in [1.54, 1.807) is 0 Å². The van der Waals surface area contributed by atoms with Gasteiger partial charge < -0.3 is 0 Å². The average molecular weight is 282 g/mol. The molecule has 0 saturated heterocycles. The quantitative estimate of drug-likeness (QED) is 0.519. The molecule has 4 aromatic rings. The Bertz CT molecular complexity index is 930. The van der Waals surface area contributed by atoms with Gasteiger partial charge >= 0.3 is 0 Å². The fourth-order valence-corrected chi connectivity index (χ4v) is 2.67. The fraction of sp³-hybridized carbons (Fsp3) is 0. The van der Waals surface area contributed by atoms with Crippen LogP contribution in [0, 0.1) is 0 Å². The van der Waals surface area contributed by atoms with Crippen LogP contribution in [0.5, 0.6) is 0 Å². The number of nitrogens with zero attached hydrogens (tertiary/aromatic N) is 2. The Kier molecular flexibility index (Phi) is 3.13. The van der Waals surface area contributed by atoms with Gasteiger partial charge in [-0.2, -0.15) is 0 Å². The Balaban J connectivity index is 1.92. The first-order valence-electron chi connectivity index (χ1n) is 7.28. The summed E-state index contributed by atoms with van der Waals surface area (Å²) in [4.78, 5) is 9.27. The number of hydrogen-bond acceptors (Lipinski definition) is 2. The number of rotatable bonds is 2. The van der Waals surface area contributed by atoms with Crippen molar-refractivity contribution in [2.45, 2.75) is 0 Å². The summed E-state index contributed by atoms with van der Waals surface area (Å²) in [6.07, 6.45) is 1.82. The third kappa shape index (κ3) is 2.25. The van der Waals surface area contributed by atoms with E-state index in [1.165, 1.54) is 0 Å². The standard InChI is InChI=1S/C20H14N2/c1-4-10-18-15(7-1)12-13-20(22-18)17-9-3-2-8-16(17)19-11-5-6-14-21-19/h1-14H. The first kappa shape index (κ1) is 12.7. The van der Waals surface area contributed by atoms with Crippen LogP contribution in [0.2, 0.25) is 0 Å². The van der Waals surface area contributed by atoms with Gasteiger partial charge in [-0.1, -0.05) is 54.6 Å². The first-order valence-corrected chi connectivity index (χ1v) is 7.28. The number of aromatic nitrogens is 2. The minimum absolute atomic E-state index is 0.966. The third-order valence-electron chi connectivity index (χ3n) is 3.74. The maximum atomic E-state index is 4.80. The zero-order chi connectivity index (χ0) is 14.8. The molecule has 0 aliphatic rings. The van der Waals surface area contributed by atoms with Crippen molar-refractivity contribution in [2.24, 2.45) is 0 Å². The van der Waals surface area contributed by atoms with E-state index >= 15 is 0 Å². The fourth-order valence-electron chi connectivity index (χ4n) is 2.67. The van der Waals surface area contributed by atoms with Crippen molar-refractivity contribution < 1.29 is 0 Å². The van der Waals surface area contributed by atoms with Crippen LogP contribution in [0.1, 0.15) is 0 Å². The molecule has 0 fully saturated rings. The second-order valence-electron chi connectivity index (χ2n) is 5.15. The summed E-state index contributed by atoms with van der Waals surface area (Å²) in [5.74, 6) is 0. The first-order chi connectivity index (χ1) is 10.9. The van der Waals surface area contributed by atoms with Gasteiger partial charge in [0.2, 0.25) is 0 Å². The van der Waals surface area contributed by atoms with Crippen LogP contribution in [-0.4, -0.2) is 9.97 Å². The summed E-state index contributed by atoms with van der Waals surface area (Å²) in [5.41, 5.74) is 5.15. The van der Waals surface area contributed by atoms with E-state index < -0.39 is 0 Å². The molecule has 0 aliphatic carbocycles. The number of para-hydroxylation sites is 1. The number of pyridine rings is 2. The van der Waals surface area contributed by atoms with Crippen LogP contribution < -0.4 is 0 Å². The molecule has 4 rings (SSSR count). The van der Waals surface area contributed by atoms with E-state index in [-0.39, 0.29) is 0 Å². The van der Waals surface area contributed by atoms with Gasteiger partial charge in [0.25, 0.3) is 0 Å². The highest BCUT2D eigenvalue weighted by Gasteiger charge is 2.09. The monoisotopic (exact) mass is 282 g/mol. The van der Waals surface area contributed by atoms with Gasteiger partial charge in [-0.25, -0.2) is 4.98 Å². The summed E-state index contributed by atoms with van der Waals surface area (Å²) in [7, 11) is 0. The molecule has 104 valence electrons. The summed E-state index contributed by atoms with van der Waals surface area (Å²) in [6.45, 7) is 0. The van der Waals surface area contributed by atoms with Gasteiger partial charge in [0.1, 0.15) is 0 Å². The lowest BCUT2D eigenvalue weighted by Crippen LogP contribution is -1.90. The van der Waals surface area contributed by atoms with Crippen LogP contribution in [-0.2, 0) is 0 Å². The molecule has 2 aromatic heterocycles. The van der Waals surface area contributed by atoms with E-state index in [0.29, 0.717) is 0 Å². The summed E-state index contributed by atoms with van der Waals surface area (Å²) < 4.78 is 0. The maximum Gasteiger partial charge on any atom is 0.0716 e. The molecule has 2 heteroatoms. The van der Waals surface area contributed by atoms with Gasteiger partial charge in [0.05, 0.1) is 16.9 Å². The lowest BCUT2D eigenvalue weighted by atomic mass is 10.0. The molecule has 2 nitrogen and oxygen atoms in total. The highest BCUT2D eigenvalue weighted by molar-refractivity contribution is 5.85. The molecule has 0 radical (unpaired) electrons. The average Bonchev–Trinajstić information content (AvgIpc) is 2.62. The molecule has 0 amide bonds. The summed E-state index contributed by atoms with van der Waals surface area (Å²) in [5, 5.41) is 1.15. The second-order valence-corrected chi connectivity index (χ2v) is 5.15. The maximum absolute atomic E-state index is 4.80. The van der Waals surface area contributed by atoms with Crippen molar-refractivity contribution in [3.8, 4) is 22.5 Å². The van der Waals surface area contributed by atoms with Crippen molar-refractivity contribution in [1.82, 2.24) is 9.97 Å². The molecule has 0 atom stereocenters. The van der Waals surface area contributed by atoms with Crippen molar-refractivity contribution in [1.29, 1.82) is 0 Å². The Morgan fingerprint density at radius 3 is 2.09 bits per heavy atom. The molecule has 0 bridgehead atoms. The van der Waals surface area contributed by atoms with Gasteiger partial charge in [-0.3, -0.25) is 4.98 Å². The topological polar surface area (TPSA) is 25.8 Å². The van der Waals surface area contributed by atoms with Gasteiger partial charge in [0, 0.05) is 22.7 Å². The largest absolute Gasteiger partial charge is 0.256 e. The van der Waals surface area contributed by atoms with E-state index in [4.69, 9.17) is 4.98 Å². The van der Waals surface area contributed by atoms with E-state index in [0.717, 1.165) is 33.4 Å². The zero-order valence-corrected chi connectivity index (χ0v) is 12.0. The van der Waals surface area contributed by atoms with E-state index in [9.17, 15) is 0 Å². The second kappa shape index (κ2) is 5.41. The molecule has 22 heavy (non-hydrogen) atoms. The summed E-state index contributed by atoms with van der Waals surface area (Å²) in [6, 6.07) is 26.6. The molecule has 0 unspecified atom stereocenters. The Labute approximate surface area is 129 Å². The third-order valence-corrected chi connectivity index (χ3v) is 3.74. The van der Waals surface area contributed by atoms with Crippen LogP contribution in [0.25, 0.3) is 33.4 Å². The molecule has 0 spiro atoms. The molecule has 0 aliphatic heterocycles. The van der Waals surface area contributed by atoms with Crippen LogP contribution >= 0.6 is 0 Å². The minimum Gasteiger partial charge on any atom is -0.256 e. The molecule has 2 heterocycles. The predicted octanol–water partition coefficient (Wildman–Crippen LogP) is 4.96. The van der Waals surface area contributed by atoms with Gasteiger partial charge in [-0.05, 0) is 24.3 Å². The molecular formula is C20H14N2. The molecular weight excluding hydrogens is 268 g/mol. The van der Waals surface area contributed by atoms with E-state index in [2.05, 4.69) is 35.3 Å². The van der Waals surface area contributed by atoms with Crippen LogP contribution in [0.4, 0.5) is 0 Å². The number of fused-ring (bicyclic) bond motifs is 1. The van der Waals surface area contributed by atoms with Crippen LogP contribution in [0.3, 0.4) is 0 Å². The summed E-state index contributed by atoms with van der Waals surface area (Å²) >= 11 is 0. The smallest absolute Gasteiger partial charge is 0.0716 e. The van der Waals surface area contributed by atoms with E-state index in [1.807, 2.05) is 54.7 Å². The molecule has 0 saturated carbocycles. The highest BCUT2D eigenvalue weighted by atomic mass is 14.7. The van der Waals surface area contributed by atoms with Crippen molar-refractivity contribution in [2.75, 3.05) is 0 Å². The predicted molar refractivity (Wildman–Crippen MR) is 90.4 cm³/mol. The normalized spacial score (nSPS) is 10.7. The highest BCUT2D eigenvalue weighted by Crippen LogP contribution is 2.30. The van der Waals surface area contributed by atoms with Crippen molar-refractivity contribution >= 4 is 10.9 Å². The lowest BCUT2D eigenvalue weighted by Gasteiger charge is -2.09. The van der Waals surface area contributed by atoms with Crippen molar-refractivity contribution in [3.63, 3.8) is 0 Å².